The molecule has 0 spiro atoms. The fourth-order valence-corrected chi connectivity index (χ4v) is 2.58. The van der Waals surface area contributed by atoms with Crippen LogP contribution >= 0.6 is 0 Å². The van der Waals surface area contributed by atoms with Gasteiger partial charge in [0.2, 0.25) is 0 Å². The van der Waals surface area contributed by atoms with Gasteiger partial charge in [0.15, 0.2) is 0 Å². The number of rotatable bonds is 3. The van der Waals surface area contributed by atoms with Crippen molar-refractivity contribution in [2.45, 2.75) is 32.4 Å². The average Bonchev–Trinajstić information content (AvgIpc) is 2.33. The third-order valence-corrected chi connectivity index (χ3v) is 3.66. The fourth-order valence-electron chi connectivity index (χ4n) is 2.58. The Morgan fingerprint density at radius 1 is 1.41 bits per heavy atom. The van der Waals surface area contributed by atoms with Gasteiger partial charge in [-0.3, -0.25) is 9.69 Å². The zero-order valence-electron chi connectivity index (χ0n) is 10.2. The number of carboxylic acids is 1. The predicted octanol–water partition coefficient (Wildman–Crippen LogP) is 2.37. The number of benzene rings is 1. The number of carbonyl (C=O) groups is 1. The lowest BCUT2D eigenvalue weighted by Crippen LogP contribution is -2.45. The molecule has 2 rings (SSSR count). The molecule has 2 atom stereocenters. The Hall–Kier alpha value is -1.35. The number of aliphatic carboxylic acids is 1. The molecule has 1 saturated heterocycles. The van der Waals surface area contributed by atoms with Gasteiger partial charge in [-0.15, -0.1) is 0 Å². The first-order valence-corrected chi connectivity index (χ1v) is 6.19. The number of likely N-dealkylation sites (tertiary alicyclic amines) is 1. The molecule has 1 heterocycles. The van der Waals surface area contributed by atoms with Gasteiger partial charge in [-0.1, -0.05) is 30.3 Å². The molecule has 0 unspecified atom stereocenters. The van der Waals surface area contributed by atoms with Crippen LogP contribution in [0.5, 0.6) is 0 Å². The summed E-state index contributed by atoms with van der Waals surface area (Å²) in [6, 6.07) is 10.4. The number of carboxylic acid groups (broad SMARTS) is 1. The molecular weight excluding hydrogens is 214 g/mol. The van der Waals surface area contributed by atoms with Gasteiger partial charge in [-0.05, 0) is 31.9 Å². The van der Waals surface area contributed by atoms with Gasteiger partial charge in [0.1, 0.15) is 0 Å². The lowest BCUT2D eigenvalue weighted by atomic mass is 9.90. The Balaban J connectivity index is 2.03. The van der Waals surface area contributed by atoms with E-state index in [0.717, 1.165) is 25.9 Å². The van der Waals surface area contributed by atoms with E-state index in [1.807, 2.05) is 25.1 Å². The van der Waals surface area contributed by atoms with Gasteiger partial charge in [-0.25, -0.2) is 0 Å². The number of hydrogen-bond acceptors (Lipinski definition) is 2. The van der Waals surface area contributed by atoms with Crippen LogP contribution in [0.3, 0.4) is 0 Å². The van der Waals surface area contributed by atoms with Gasteiger partial charge in [0.25, 0.3) is 0 Å². The lowest BCUT2D eigenvalue weighted by Gasteiger charge is -2.37. The van der Waals surface area contributed by atoms with Crippen LogP contribution in [-0.2, 0) is 11.3 Å². The van der Waals surface area contributed by atoms with E-state index >= 15 is 0 Å². The van der Waals surface area contributed by atoms with Crippen LogP contribution in [-0.4, -0.2) is 28.6 Å². The standard InChI is InChI=1S/C14H19NO2/c1-11-13(14(16)17)8-5-9-15(11)10-12-6-3-2-4-7-12/h2-4,6-7,11,13H,5,8-10H2,1H3,(H,16,17)/t11-,13-/m1/s1. The smallest absolute Gasteiger partial charge is 0.308 e. The minimum atomic E-state index is -0.657. The van der Waals surface area contributed by atoms with Crippen LogP contribution in [0.4, 0.5) is 0 Å². The minimum Gasteiger partial charge on any atom is -0.481 e. The molecule has 1 N–H and O–H groups in total. The molecule has 1 aromatic carbocycles. The van der Waals surface area contributed by atoms with Crippen molar-refractivity contribution in [1.82, 2.24) is 4.90 Å². The van der Waals surface area contributed by atoms with Crippen molar-refractivity contribution >= 4 is 5.97 Å². The van der Waals surface area contributed by atoms with Crippen molar-refractivity contribution in [2.24, 2.45) is 5.92 Å². The molecule has 0 aromatic heterocycles. The molecule has 1 aliphatic heterocycles. The highest BCUT2D eigenvalue weighted by molar-refractivity contribution is 5.70. The second kappa shape index (κ2) is 5.32. The SMILES string of the molecule is C[C@@H]1[C@H](C(=O)O)CCCN1Cc1ccccc1. The highest BCUT2D eigenvalue weighted by atomic mass is 16.4. The Morgan fingerprint density at radius 3 is 2.76 bits per heavy atom. The highest BCUT2D eigenvalue weighted by Gasteiger charge is 2.32. The van der Waals surface area contributed by atoms with Gasteiger partial charge < -0.3 is 5.11 Å². The average molecular weight is 233 g/mol. The van der Waals surface area contributed by atoms with E-state index in [9.17, 15) is 4.79 Å². The summed E-state index contributed by atoms with van der Waals surface area (Å²) in [5.74, 6) is -0.872. The highest BCUT2D eigenvalue weighted by Crippen LogP contribution is 2.25. The van der Waals surface area contributed by atoms with E-state index < -0.39 is 5.97 Å². The molecule has 3 nitrogen and oxygen atoms in total. The predicted molar refractivity (Wildman–Crippen MR) is 66.7 cm³/mol. The van der Waals surface area contributed by atoms with E-state index in [1.165, 1.54) is 5.56 Å². The van der Waals surface area contributed by atoms with Crippen LogP contribution in [0.2, 0.25) is 0 Å². The largest absolute Gasteiger partial charge is 0.481 e. The Kier molecular flexibility index (Phi) is 3.79. The van der Waals surface area contributed by atoms with E-state index in [4.69, 9.17) is 5.11 Å². The first kappa shape index (κ1) is 12.1. The maximum Gasteiger partial charge on any atom is 0.308 e. The van der Waals surface area contributed by atoms with Crippen molar-refractivity contribution in [3.05, 3.63) is 35.9 Å². The summed E-state index contributed by atoms with van der Waals surface area (Å²) in [5, 5.41) is 9.17. The van der Waals surface area contributed by atoms with Crippen LogP contribution in [0.25, 0.3) is 0 Å². The van der Waals surface area contributed by atoms with Crippen molar-refractivity contribution in [2.75, 3.05) is 6.54 Å². The Labute approximate surface area is 102 Å². The Bertz CT molecular complexity index is 377. The fraction of sp³-hybridized carbons (Fsp3) is 0.500. The van der Waals surface area contributed by atoms with E-state index in [0.29, 0.717) is 0 Å². The maximum atomic E-state index is 11.1. The van der Waals surface area contributed by atoms with Crippen LogP contribution in [0, 0.1) is 5.92 Å². The summed E-state index contributed by atoms with van der Waals surface area (Å²) in [7, 11) is 0. The number of hydrogen-bond donors (Lipinski definition) is 1. The molecule has 1 aromatic rings. The molecule has 1 fully saturated rings. The van der Waals surface area contributed by atoms with E-state index in [2.05, 4.69) is 17.0 Å². The van der Waals surface area contributed by atoms with Crippen molar-refractivity contribution in [3.63, 3.8) is 0 Å². The topological polar surface area (TPSA) is 40.5 Å². The molecule has 0 amide bonds. The molecule has 0 aliphatic carbocycles. The molecule has 3 heteroatoms. The maximum absolute atomic E-state index is 11.1. The zero-order chi connectivity index (χ0) is 12.3. The minimum absolute atomic E-state index is 0.126. The van der Waals surface area contributed by atoms with Crippen LogP contribution in [0.15, 0.2) is 30.3 Å². The molecule has 17 heavy (non-hydrogen) atoms. The quantitative estimate of drug-likeness (QED) is 0.871. The van der Waals surface area contributed by atoms with Crippen molar-refractivity contribution < 1.29 is 9.90 Å². The van der Waals surface area contributed by atoms with E-state index in [-0.39, 0.29) is 12.0 Å². The summed E-state index contributed by atoms with van der Waals surface area (Å²) in [6.45, 7) is 3.88. The number of piperidine rings is 1. The van der Waals surface area contributed by atoms with Gasteiger partial charge in [0, 0.05) is 12.6 Å². The molecule has 0 bridgehead atoms. The molecular formula is C14H19NO2. The molecule has 0 radical (unpaired) electrons. The second-order valence-corrected chi connectivity index (χ2v) is 4.78. The van der Waals surface area contributed by atoms with Crippen molar-refractivity contribution in [3.8, 4) is 0 Å². The second-order valence-electron chi connectivity index (χ2n) is 4.78. The summed E-state index contributed by atoms with van der Waals surface area (Å²) in [6.07, 6.45) is 1.79. The zero-order valence-corrected chi connectivity index (χ0v) is 10.2. The Morgan fingerprint density at radius 2 is 2.12 bits per heavy atom. The summed E-state index contributed by atoms with van der Waals surface area (Å²) < 4.78 is 0. The first-order valence-electron chi connectivity index (χ1n) is 6.19. The third-order valence-electron chi connectivity index (χ3n) is 3.66. The monoisotopic (exact) mass is 233 g/mol. The van der Waals surface area contributed by atoms with Gasteiger partial charge >= 0.3 is 5.97 Å². The van der Waals surface area contributed by atoms with E-state index in [1.54, 1.807) is 0 Å². The van der Waals surface area contributed by atoms with Gasteiger partial charge in [0.05, 0.1) is 5.92 Å². The lowest BCUT2D eigenvalue weighted by molar-refractivity contribution is -0.145. The van der Waals surface area contributed by atoms with Crippen molar-refractivity contribution in [1.29, 1.82) is 0 Å². The summed E-state index contributed by atoms with van der Waals surface area (Å²) in [4.78, 5) is 13.4. The van der Waals surface area contributed by atoms with Crippen LogP contribution in [0.1, 0.15) is 25.3 Å². The third kappa shape index (κ3) is 2.86. The summed E-state index contributed by atoms with van der Waals surface area (Å²) >= 11 is 0. The normalized spacial score (nSPS) is 25.7. The summed E-state index contributed by atoms with van der Waals surface area (Å²) in [5.41, 5.74) is 1.25. The molecule has 0 saturated carbocycles. The molecule has 1 aliphatic rings. The number of nitrogens with zero attached hydrogens (tertiary/aromatic N) is 1. The van der Waals surface area contributed by atoms with Gasteiger partial charge in [-0.2, -0.15) is 0 Å². The van der Waals surface area contributed by atoms with Crippen LogP contribution < -0.4 is 0 Å². The molecule has 92 valence electrons. The first-order chi connectivity index (χ1) is 8.18.